The van der Waals surface area contributed by atoms with Gasteiger partial charge in [0.05, 0.1) is 8.41 Å². The van der Waals surface area contributed by atoms with Crippen LogP contribution < -0.4 is 0 Å². The van der Waals surface area contributed by atoms with Crippen LogP contribution in [0.3, 0.4) is 0 Å². The molecule has 0 aromatic heterocycles. The van der Waals surface area contributed by atoms with Gasteiger partial charge in [-0.05, 0) is 0 Å². The molecule has 23 valence electrons. The van der Waals surface area contributed by atoms with Crippen LogP contribution in [0.1, 0.15) is 0 Å². The first-order valence-electron chi connectivity index (χ1n) is 0. The van der Waals surface area contributed by atoms with Gasteiger partial charge in [-0.2, -0.15) is 0 Å². The van der Waals surface area contributed by atoms with Crippen LogP contribution in [0.5, 0.6) is 0 Å². The largest absolute Gasteiger partial charge is 0.0814 e. The van der Waals surface area contributed by atoms with E-state index < -0.39 is 0 Å². The molecule has 0 aromatic carbocycles. The smallest absolute Gasteiger partial charge is 0 e. The molecule has 0 bridgehead atoms. The Hall–Kier alpha value is 1.73. The molecule has 0 fully saturated rings. The Balaban J connectivity index is 0. The van der Waals surface area contributed by atoms with Gasteiger partial charge in [-0.25, -0.2) is 0 Å². The van der Waals surface area contributed by atoms with Crippen LogP contribution >= 0.6 is 0 Å². The molecule has 0 saturated carbocycles. The van der Waals surface area contributed by atoms with E-state index in [0.717, 1.165) is 0 Å². The third kappa shape index (κ3) is 9.29. The maximum absolute atomic E-state index is 0. The van der Waals surface area contributed by atoms with Crippen LogP contribution in [-0.4, -0.2) is 8.41 Å². The summed E-state index contributed by atoms with van der Waals surface area (Å²) in [6.45, 7) is 0. The van der Waals surface area contributed by atoms with E-state index in [4.69, 9.17) is 0 Å². The second-order valence-corrected chi connectivity index (χ2v) is 0. The summed E-state index contributed by atoms with van der Waals surface area (Å²) in [7, 11) is 0. The van der Waals surface area contributed by atoms with Crippen molar-refractivity contribution in [1.82, 2.24) is 0 Å². The van der Waals surface area contributed by atoms with Gasteiger partial charge < -0.3 is 0 Å². The summed E-state index contributed by atoms with van der Waals surface area (Å²) in [5.74, 6) is 0. The summed E-state index contributed by atoms with van der Waals surface area (Å²) < 4.78 is 0. The minimum Gasteiger partial charge on any atom is 0 e. The van der Waals surface area contributed by atoms with Crippen LogP contribution in [0.25, 0.3) is 0 Å². The van der Waals surface area contributed by atoms with Gasteiger partial charge >= 0.3 is 0 Å². The first-order chi connectivity index (χ1) is 0. The number of hydrogen-bond donors (Lipinski definition) is 0. The van der Waals surface area contributed by atoms with E-state index in [1.807, 2.05) is 0 Å². The van der Waals surface area contributed by atoms with Crippen LogP contribution in [0, 0.1) is 0 Å². The zero-order valence-corrected chi connectivity index (χ0v) is 6.69. The minimum absolute atomic E-state index is 0. The average Bonchev–Trinajstić information content (AvgIpc) is 0. The van der Waals surface area contributed by atoms with E-state index in [9.17, 15) is 0 Å². The topological polar surface area (TPSA) is 0 Å². The van der Waals surface area contributed by atoms with Crippen molar-refractivity contribution in [2.45, 2.75) is 0 Å². The van der Waals surface area contributed by atoms with Crippen molar-refractivity contribution in [3.8, 4) is 0 Å². The summed E-state index contributed by atoms with van der Waals surface area (Å²) in [6.07, 6.45) is 0. The summed E-state index contributed by atoms with van der Waals surface area (Å²) in [4.78, 5) is 0. The molecule has 0 heterocycles. The summed E-state index contributed by atoms with van der Waals surface area (Å²) in [5.41, 5.74) is 0. The average molecular weight is 190 g/mol. The van der Waals surface area contributed by atoms with Gasteiger partial charge in [-0.1, -0.05) is 0 Å². The second-order valence-electron chi connectivity index (χ2n) is 0. The molecular weight excluding hydrogens is 187 g/mol. The summed E-state index contributed by atoms with van der Waals surface area (Å²) in [5, 5.41) is 0. The van der Waals surface area contributed by atoms with E-state index in [1.165, 1.54) is 0 Å². The van der Waals surface area contributed by atoms with Crippen LogP contribution in [-0.2, 0) is 53.6 Å². The minimum atomic E-state index is 0. The van der Waals surface area contributed by atoms with E-state index in [-0.39, 0.29) is 62.0 Å². The van der Waals surface area contributed by atoms with Crippen LogP contribution in [0.15, 0.2) is 0 Å². The van der Waals surface area contributed by atoms with Gasteiger partial charge in [-0.15, -0.1) is 0 Å². The van der Waals surface area contributed by atoms with E-state index in [1.54, 1.807) is 0 Å². The molecule has 0 saturated heterocycles. The molecule has 0 aliphatic heterocycles. The zero-order valence-electron chi connectivity index (χ0n) is 1.44. The zero-order chi connectivity index (χ0) is 0. The van der Waals surface area contributed by atoms with Crippen LogP contribution in [0.4, 0.5) is 0 Å². The first kappa shape index (κ1) is 42.9. The fraction of sp³-hybridized carbons (Fsp3) is 0. The fourth-order valence-electron chi connectivity index (χ4n) is 0. The molecule has 0 N–H and O–H groups in total. The molecule has 0 nitrogen and oxygen atoms in total. The normalized spacial score (nSPS) is 0. The van der Waals surface area contributed by atoms with Crippen molar-refractivity contribution in [2.75, 3.05) is 0 Å². The molecule has 0 amide bonds. The molecule has 0 aromatic rings. The van der Waals surface area contributed by atoms with Crippen molar-refractivity contribution in [1.29, 1.82) is 0 Å². The maximum atomic E-state index is 0. The predicted molar refractivity (Wildman–Crippen MR) is 9.94 cm³/mol. The van der Waals surface area contributed by atoms with Crippen molar-refractivity contribution in [3.05, 3.63) is 0 Å². The number of rotatable bonds is 0. The SMILES string of the molecule is B.[Fe].[Mn].[Zn]. The second kappa shape index (κ2) is 22.0. The molecule has 4 heteroatoms. The quantitative estimate of drug-likeness (QED) is 0.421. The molecule has 0 aliphatic rings. The Kier molecular flexibility index (Phi) is 236. The van der Waals surface area contributed by atoms with Gasteiger partial charge in [0.15, 0.2) is 0 Å². The molecular formula is H3BFeMnZn. The third-order valence-corrected chi connectivity index (χ3v) is 0. The Morgan fingerprint density at radius 1 is 1.00 bits per heavy atom. The molecule has 0 aliphatic carbocycles. The molecule has 0 unspecified atom stereocenters. The third-order valence-electron chi connectivity index (χ3n) is 0. The van der Waals surface area contributed by atoms with Crippen molar-refractivity contribution in [3.63, 3.8) is 0 Å². The van der Waals surface area contributed by atoms with E-state index >= 15 is 0 Å². The van der Waals surface area contributed by atoms with Gasteiger partial charge in [0.1, 0.15) is 0 Å². The van der Waals surface area contributed by atoms with Gasteiger partial charge in [0.2, 0.25) is 0 Å². The van der Waals surface area contributed by atoms with E-state index in [2.05, 4.69) is 0 Å². The van der Waals surface area contributed by atoms with Crippen LogP contribution in [0.2, 0.25) is 0 Å². The molecule has 0 spiro atoms. The molecule has 1 radical (unpaired) electrons. The first-order valence-corrected chi connectivity index (χ1v) is 0. The van der Waals surface area contributed by atoms with Crippen molar-refractivity contribution < 1.29 is 53.6 Å². The monoisotopic (exact) mass is 189 g/mol. The Labute approximate surface area is 61.8 Å². The predicted octanol–water partition coefficient (Wildman–Crippen LogP) is -1.19. The van der Waals surface area contributed by atoms with Gasteiger partial charge in [0.25, 0.3) is 0 Å². The van der Waals surface area contributed by atoms with Gasteiger partial charge in [-0.3, -0.25) is 0 Å². The Morgan fingerprint density at radius 2 is 1.00 bits per heavy atom. The standard InChI is InChI=1S/BH3.Fe.Mn.Zn/h1H3;;;. The maximum Gasteiger partial charge on any atom is 0.0814 e. The van der Waals surface area contributed by atoms with E-state index in [0.29, 0.717) is 0 Å². The summed E-state index contributed by atoms with van der Waals surface area (Å²) in [6, 6.07) is 0. The summed E-state index contributed by atoms with van der Waals surface area (Å²) >= 11 is 0. The fourth-order valence-corrected chi connectivity index (χ4v) is 0. The van der Waals surface area contributed by atoms with Gasteiger partial charge in [0, 0.05) is 53.6 Å². The molecule has 0 atom stereocenters. The number of hydrogen-bond acceptors (Lipinski definition) is 0. The Morgan fingerprint density at radius 3 is 1.00 bits per heavy atom. The molecule has 0 rings (SSSR count). The van der Waals surface area contributed by atoms with Crippen molar-refractivity contribution in [2.24, 2.45) is 0 Å². The van der Waals surface area contributed by atoms with Crippen molar-refractivity contribution >= 4 is 8.41 Å². The molecule has 4 heavy (non-hydrogen) atoms. The Bertz CT molecular complexity index is 8.00.